The second kappa shape index (κ2) is 6.10. The first-order valence-electron chi connectivity index (χ1n) is 6.33. The molecule has 2 aromatic carbocycles. The molecule has 0 saturated carbocycles. The third kappa shape index (κ3) is 3.48. The summed E-state index contributed by atoms with van der Waals surface area (Å²) >= 11 is 3.22. The van der Waals surface area contributed by atoms with Crippen molar-refractivity contribution in [3.05, 3.63) is 57.6 Å². The summed E-state index contributed by atoms with van der Waals surface area (Å²) in [6.45, 7) is 3.42. The van der Waals surface area contributed by atoms with E-state index < -0.39 is 16.0 Å². The molecular weight excluding hydrogens is 370 g/mol. The van der Waals surface area contributed by atoms with Gasteiger partial charge < -0.3 is 5.11 Å². The molecule has 0 amide bonds. The zero-order valence-electron chi connectivity index (χ0n) is 11.9. The fourth-order valence-electron chi connectivity index (χ4n) is 2.10. The summed E-state index contributed by atoms with van der Waals surface area (Å²) in [4.78, 5) is 11.4. The maximum atomic E-state index is 12.4. The third-order valence-electron chi connectivity index (χ3n) is 3.05. The van der Waals surface area contributed by atoms with Crippen molar-refractivity contribution in [2.24, 2.45) is 0 Å². The molecule has 116 valence electrons. The van der Waals surface area contributed by atoms with Crippen LogP contribution in [0.15, 0.2) is 45.8 Å². The summed E-state index contributed by atoms with van der Waals surface area (Å²) in [6, 6.07) is 9.36. The van der Waals surface area contributed by atoms with E-state index in [0.717, 1.165) is 5.56 Å². The van der Waals surface area contributed by atoms with Crippen molar-refractivity contribution in [3.63, 3.8) is 0 Å². The van der Waals surface area contributed by atoms with Gasteiger partial charge in [-0.25, -0.2) is 13.2 Å². The zero-order chi connectivity index (χ0) is 16.5. The molecule has 0 unspecified atom stereocenters. The van der Waals surface area contributed by atoms with Gasteiger partial charge in [0.25, 0.3) is 10.0 Å². The van der Waals surface area contributed by atoms with Crippen LogP contribution in [-0.2, 0) is 10.0 Å². The van der Waals surface area contributed by atoms with E-state index in [4.69, 9.17) is 0 Å². The van der Waals surface area contributed by atoms with Crippen molar-refractivity contribution >= 4 is 37.6 Å². The van der Waals surface area contributed by atoms with Crippen LogP contribution >= 0.6 is 15.9 Å². The highest BCUT2D eigenvalue weighted by Crippen LogP contribution is 2.26. The van der Waals surface area contributed by atoms with E-state index in [9.17, 15) is 18.3 Å². The first kappa shape index (κ1) is 16.5. The zero-order valence-corrected chi connectivity index (χ0v) is 14.3. The highest BCUT2D eigenvalue weighted by Gasteiger charge is 2.20. The third-order valence-corrected chi connectivity index (χ3v) is 4.89. The lowest BCUT2D eigenvalue weighted by Crippen LogP contribution is -2.17. The maximum absolute atomic E-state index is 12.4. The lowest BCUT2D eigenvalue weighted by molar-refractivity contribution is 0.0698. The number of carbonyl (C=O) groups is 1. The van der Waals surface area contributed by atoms with Gasteiger partial charge in [0.2, 0.25) is 0 Å². The molecule has 0 atom stereocenters. The summed E-state index contributed by atoms with van der Waals surface area (Å²) < 4.78 is 27.9. The first-order valence-corrected chi connectivity index (χ1v) is 8.61. The monoisotopic (exact) mass is 383 g/mol. The molecule has 0 spiro atoms. The Balaban J connectivity index is 2.53. The van der Waals surface area contributed by atoms with Crippen LogP contribution in [-0.4, -0.2) is 19.5 Å². The predicted molar refractivity (Wildman–Crippen MR) is 87.8 cm³/mol. The molecule has 0 heterocycles. The maximum Gasteiger partial charge on any atom is 0.337 e. The van der Waals surface area contributed by atoms with Crippen molar-refractivity contribution in [3.8, 4) is 0 Å². The molecular formula is C15H14BrNO4S. The van der Waals surface area contributed by atoms with E-state index in [2.05, 4.69) is 20.7 Å². The van der Waals surface area contributed by atoms with E-state index in [1.165, 1.54) is 18.2 Å². The highest BCUT2D eigenvalue weighted by molar-refractivity contribution is 9.10. The fraction of sp³-hybridized carbons (Fsp3) is 0.133. The number of carboxylic acid groups (broad SMARTS) is 1. The first-order chi connectivity index (χ1) is 10.2. The van der Waals surface area contributed by atoms with Crippen LogP contribution in [0, 0.1) is 13.8 Å². The molecule has 0 aliphatic carbocycles. The van der Waals surface area contributed by atoms with Gasteiger partial charge in [0.1, 0.15) is 0 Å². The average molecular weight is 384 g/mol. The largest absolute Gasteiger partial charge is 0.478 e. The Bertz CT molecular complexity index is 847. The molecule has 0 radical (unpaired) electrons. The van der Waals surface area contributed by atoms with Crippen LogP contribution in [0.4, 0.5) is 5.69 Å². The van der Waals surface area contributed by atoms with Crippen LogP contribution < -0.4 is 4.72 Å². The average Bonchev–Trinajstić information content (AvgIpc) is 2.41. The molecule has 0 saturated heterocycles. The molecule has 0 aliphatic rings. The van der Waals surface area contributed by atoms with Gasteiger partial charge in [0.05, 0.1) is 16.1 Å². The quantitative estimate of drug-likeness (QED) is 0.844. The van der Waals surface area contributed by atoms with Crippen LogP contribution in [0.1, 0.15) is 21.5 Å². The van der Waals surface area contributed by atoms with E-state index in [0.29, 0.717) is 10.0 Å². The molecule has 0 bridgehead atoms. The van der Waals surface area contributed by atoms with Gasteiger partial charge in [0, 0.05) is 4.47 Å². The van der Waals surface area contributed by atoms with Crippen molar-refractivity contribution in [1.82, 2.24) is 0 Å². The van der Waals surface area contributed by atoms with Gasteiger partial charge in [-0.05, 0) is 49.2 Å². The lowest BCUT2D eigenvalue weighted by Gasteiger charge is -2.14. The minimum atomic E-state index is -3.87. The Hall–Kier alpha value is -1.86. The minimum Gasteiger partial charge on any atom is -0.478 e. The molecule has 22 heavy (non-hydrogen) atoms. The van der Waals surface area contributed by atoms with Gasteiger partial charge >= 0.3 is 5.97 Å². The Labute approximate surface area is 137 Å². The summed E-state index contributed by atoms with van der Waals surface area (Å²) in [7, 11) is -3.87. The lowest BCUT2D eigenvalue weighted by atomic mass is 10.0. The molecule has 0 aromatic heterocycles. The number of rotatable bonds is 4. The molecule has 2 aromatic rings. The summed E-state index contributed by atoms with van der Waals surface area (Å²) in [5, 5.41) is 9.28. The minimum absolute atomic E-state index is 0.0539. The van der Waals surface area contributed by atoms with E-state index in [1.54, 1.807) is 32.0 Å². The number of anilines is 1. The molecule has 5 nitrogen and oxygen atoms in total. The van der Waals surface area contributed by atoms with Crippen LogP contribution in [0.3, 0.4) is 0 Å². The Morgan fingerprint density at radius 3 is 2.45 bits per heavy atom. The molecule has 7 heteroatoms. The van der Waals surface area contributed by atoms with Crippen LogP contribution in [0.25, 0.3) is 0 Å². The topological polar surface area (TPSA) is 83.5 Å². The molecule has 2 rings (SSSR count). The van der Waals surface area contributed by atoms with Gasteiger partial charge in [-0.2, -0.15) is 0 Å². The van der Waals surface area contributed by atoms with Crippen LogP contribution in [0.2, 0.25) is 0 Å². The Morgan fingerprint density at radius 1 is 1.18 bits per heavy atom. The fourth-order valence-corrected chi connectivity index (χ4v) is 3.85. The second-order valence-electron chi connectivity index (χ2n) is 4.87. The van der Waals surface area contributed by atoms with Crippen molar-refractivity contribution in [1.29, 1.82) is 0 Å². The number of nitrogens with one attached hydrogen (secondary N) is 1. The van der Waals surface area contributed by atoms with Crippen molar-refractivity contribution in [2.75, 3.05) is 4.72 Å². The Kier molecular flexibility index (Phi) is 4.58. The standard InChI is InChI=1S/C15H14BrNO4S/c1-9-6-10(2)14(13(7-9)15(18)19)17-22(20,21)12-5-3-4-11(16)8-12/h3-8,17H,1-2H3,(H,18,19). The number of aromatic carboxylic acids is 1. The summed E-state index contributed by atoms with van der Waals surface area (Å²) in [5.74, 6) is -1.18. The van der Waals surface area contributed by atoms with Gasteiger partial charge in [-0.1, -0.05) is 28.1 Å². The molecule has 0 fully saturated rings. The van der Waals surface area contributed by atoms with Crippen molar-refractivity contribution in [2.45, 2.75) is 18.7 Å². The number of hydrogen-bond donors (Lipinski definition) is 2. The van der Waals surface area contributed by atoms with E-state index >= 15 is 0 Å². The van der Waals surface area contributed by atoms with E-state index in [-0.39, 0.29) is 16.1 Å². The predicted octanol–water partition coefficient (Wildman–Crippen LogP) is 3.56. The van der Waals surface area contributed by atoms with E-state index in [1.807, 2.05) is 0 Å². The normalized spacial score (nSPS) is 11.2. The number of carboxylic acids is 1. The Morgan fingerprint density at radius 2 is 1.86 bits per heavy atom. The summed E-state index contributed by atoms with van der Waals surface area (Å²) in [5.41, 5.74) is 1.31. The van der Waals surface area contributed by atoms with Gasteiger partial charge in [-0.3, -0.25) is 4.72 Å². The number of sulfonamides is 1. The number of benzene rings is 2. The molecule has 2 N–H and O–H groups in total. The van der Waals surface area contributed by atoms with Gasteiger partial charge in [-0.15, -0.1) is 0 Å². The number of halogens is 1. The van der Waals surface area contributed by atoms with Gasteiger partial charge in [0.15, 0.2) is 0 Å². The second-order valence-corrected chi connectivity index (χ2v) is 7.47. The van der Waals surface area contributed by atoms with Crippen LogP contribution in [0.5, 0.6) is 0 Å². The number of aryl methyl sites for hydroxylation is 2. The highest BCUT2D eigenvalue weighted by atomic mass is 79.9. The summed E-state index contributed by atoms with van der Waals surface area (Å²) in [6.07, 6.45) is 0. The SMILES string of the molecule is Cc1cc(C)c(NS(=O)(=O)c2cccc(Br)c2)c(C(=O)O)c1. The van der Waals surface area contributed by atoms with Crippen molar-refractivity contribution < 1.29 is 18.3 Å². The molecule has 0 aliphatic heterocycles. The number of hydrogen-bond acceptors (Lipinski definition) is 3. The smallest absolute Gasteiger partial charge is 0.337 e.